The van der Waals surface area contributed by atoms with Gasteiger partial charge in [0.15, 0.2) is 0 Å². The molecule has 1 aromatic heterocycles. The van der Waals surface area contributed by atoms with Crippen LogP contribution in [0.5, 0.6) is 0 Å². The Hall–Kier alpha value is -1.32. The van der Waals surface area contributed by atoms with Crippen LogP contribution in [0, 0.1) is 0 Å². The second-order valence-electron chi connectivity index (χ2n) is 3.49. The van der Waals surface area contributed by atoms with Crippen LogP contribution in [-0.2, 0) is 10.2 Å². The number of carbonyl (C=O) groups excluding carboxylic acids is 1. The zero-order chi connectivity index (χ0) is 9.19. The molecule has 1 amide bonds. The molecular weight excluding hydrogens is 154 g/mol. The molecule has 1 heterocycles. The van der Waals surface area contributed by atoms with E-state index >= 15 is 0 Å². The minimum atomic E-state index is -0.297. The number of amides is 1. The van der Waals surface area contributed by atoms with E-state index in [0.29, 0.717) is 6.42 Å². The first-order chi connectivity index (χ1) is 5.52. The first-order valence-electron chi connectivity index (χ1n) is 3.79. The first kappa shape index (κ1) is 8.77. The predicted molar refractivity (Wildman–Crippen MR) is 45.4 cm³/mol. The van der Waals surface area contributed by atoms with Crippen molar-refractivity contribution in [1.29, 1.82) is 0 Å². The Morgan fingerprint density at radius 3 is 2.83 bits per heavy atom. The molecule has 3 N–H and O–H groups in total. The topological polar surface area (TPSA) is 71.8 Å². The first-order valence-corrected chi connectivity index (χ1v) is 3.79. The van der Waals surface area contributed by atoms with Gasteiger partial charge in [0.1, 0.15) is 0 Å². The summed E-state index contributed by atoms with van der Waals surface area (Å²) in [7, 11) is 0. The molecule has 1 aromatic rings. The summed E-state index contributed by atoms with van der Waals surface area (Å²) in [5.41, 5.74) is 5.80. The summed E-state index contributed by atoms with van der Waals surface area (Å²) in [6.07, 6.45) is 3.64. The van der Waals surface area contributed by atoms with E-state index in [-0.39, 0.29) is 11.3 Å². The molecular formula is C8H13N3O. The molecule has 1 rings (SSSR count). The number of aromatic nitrogens is 2. The van der Waals surface area contributed by atoms with E-state index < -0.39 is 0 Å². The maximum absolute atomic E-state index is 10.7. The number of H-pyrrole nitrogens is 1. The van der Waals surface area contributed by atoms with Gasteiger partial charge in [0, 0.05) is 23.7 Å². The molecule has 0 aromatic carbocycles. The fraction of sp³-hybridized carbons (Fsp3) is 0.500. The van der Waals surface area contributed by atoms with E-state index in [1.807, 2.05) is 13.8 Å². The zero-order valence-electron chi connectivity index (χ0n) is 7.29. The Bertz CT molecular complexity index is 264. The number of imidazole rings is 1. The number of hydrogen-bond donors (Lipinski definition) is 2. The van der Waals surface area contributed by atoms with Gasteiger partial charge in [-0.05, 0) is 0 Å². The molecule has 12 heavy (non-hydrogen) atoms. The number of nitrogens with one attached hydrogen (secondary N) is 1. The molecule has 4 nitrogen and oxygen atoms in total. The molecule has 0 saturated heterocycles. The third-order valence-corrected chi connectivity index (χ3v) is 1.84. The highest BCUT2D eigenvalue weighted by Gasteiger charge is 2.24. The minimum absolute atomic E-state index is 0.248. The van der Waals surface area contributed by atoms with Gasteiger partial charge in [-0.15, -0.1) is 0 Å². The van der Waals surface area contributed by atoms with Crippen molar-refractivity contribution in [2.45, 2.75) is 25.7 Å². The van der Waals surface area contributed by atoms with Gasteiger partial charge in [0.05, 0.1) is 6.33 Å². The van der Waals surface area contributed by atoms with Crippen LogP contribution in [-0.4, -0.2) is 15.9 Å². The maximum atomic E-state index is 10.7. The van der Waals surface area contributed by atoms with Crippen LogP contribution in [0.3, 0.4) is 0 Å². The van der Waals surface area contributed by atoms with Crippen molar-refractivity contribution in [3.63, 3.8) is 0 Å². The lowest BCUT2D eigenvalue weighted by Gasteiger charge is -2.20. The molecule has 4 heteroatoms. The van der Waals surface area contributed by atoms with Crippen molar-refractivity contribution in [2.75, 3.05) is 0 Å². The Kier molecular flexibility index (Phi) is 2.17. The molecule has 0 unspecified atom stereocenters. The largest absolute Gasteiger partial charge is 0.370 e. The SMILES string of the molecule is CC(C)(CC(N)=O)c1cnc[nH]1. The number of nitrogens with two attached hydrogens (primary N) is 1. The maximum Gasteiger partial charge on any atom is 0.218 e. The summed E-state index contributed by atoms with van der Waals surface area (Å²) in [6, 6.07) is 0. The van der Waals surface area contributed by atoms with Gasteiger partial charge in [-0.3, -0.25) is 4.79 Å². The molecule has 0 aliphatic rings. The third-order valence-electron chi connectivity index (χ3n) is 1.84. The van der Waals surface area contributed by atoms with E-state index in [1.165, 1.54) is 0 Å². The number of aromatic amines is 1. The zero-order valence-corrected chi connectivity index (χ0v) is 7.29. The van der Waals surface area contributed by atoms with Gasteiger partial charge in [-0.25, -0.2) is 4.98 Å². The molecule has 0 atom stereocenters. The van der Waals surface area contributed by atoms with E-state index in [0.717, 1.165) is 5.69 Å². The number of carbonyl (C=O) groups is 1. The Morgan fingerprint density at radius 1 is 1.75 bits per heavy atom. The molecule has 0 fully saturated rings. The molecule has 0 spiro atoms. The number of rotatable bonds is 3. The average Bonchev–Trinajstić information content (AvgIpc) is 2.32. The van der Waals surface area contributed by atoms with E-state index in [2.05, 4.69) is 9.97 Å². The fourth-order valence-corrected chi connectivity index (χ4v) is 1.16. The number of hydrogen-bond acceptors (Lipinski definition) is 2. The predicted octanol–water partition coefficient (Wildman–Crippen LogP) is 0.563. The van der Waals surface area contributed by atoms with E-state index in [9.17, 15) is 4.79 Å². The third kappa shape index (κ3) is 1.84. The standard InChI is InChI=1S/C8H13N3O/c1-8(2,3-7(9)12)6-4-10-5-11-6/h4-5H,3H2,1-2H3,(H2,9,12)(H,10,11). The normalized spacial score (nSPS) is 11.5. The van der Waals surface area contributed by atoms with Gasteiger partial charge in [-0.2, -0.15) is 0 Å². The van der Waals surface area contributed by atoms with Crippen molar-refractivity contribution in [2.24, 2.45) is 5.73 Å². The lowest BCUT2D eigenvalue weighted by molar-refractivity contribution is -0.119. The van der Waals surface area contributed by atoms with Crippen LogP contribution >= 0.6 is 0 Å². The summed E-state index contributed by atoms with van der Waals surface area (Å²) in [5.74, 6) is -0.297. The van der Waals surface area contributed by atoms with Crippen molar-refractivity contribution in [1.82, 2.24) is 9.97 Å². The molecule has 0 aliphatic carbocycles. The van der Waals surface area contributed by atoms with Crippen LogP contribution in [0.25, 0.3) is 0 Å². The Labute approximate surface area is 71.2 Å². The van der Waals surface area contributed by atoms with Crippen LogP contribution < -0.4 is 5.73 Å². The molecule has 0 saturated carbocycles. The van der Waals surface area contributed by atoms with E-state index in [1.54, 1.807) is 12.5 Å². The van der Waals surface area contributed by atoms with Crippen LogP contribution in [0.4, 0.5) is 0 Å². The van der Waals surface area contributed by atoms with Crippen LogP contribution in [0.2, 0.25) is 0 Å². The number of primary amides is 1. The van der Waals surface area contributed by atoms with Gasteiger partial charge >= 0.3 is 0 Å². The lowest BCUT2D eigenvalue weighted by Crippen LogP contribution is -2.26. The Balaban J connectivity index is 2.79. The summed E-state index contributed by atoms with van der Waals surface area (Å²) >= 11 is 0. The molecule has 0 aliphatic heterocycles. The molecule has 0 radical (unpaired) electrons. The highest BCUT2D eigenvalue weighted by molar-refractivity contribution is 5.75. The Morgan fingerprint density at radius 2 is 2.42 bits per heavy atom. The fourth-order valence-electron chi connectivity index (χ4n) is 1.16. The monoisotopic (exact) mass is 167 g/mol. The summed E-state index contributed by atoms with van der Waals surface area (Å²) in [4.78, 5) is 17.6. The van der Waals surface area contributed by atoms with Gasteiger partial charge < -0.3 is 10.7 Å². The summed E-state index contributed by atoms with van der Waals surface area (Å²) in [5, 5.41) is 0. The van der Waals surface area contributed by atoms with Gasteiger partial charge in [-0.1, -0.05) is 13.8 Å². The highest BCUT2D eigenvalue weighted by Crippen LogP contribution is 2.23. The summed E-state index contributed by atoms with van der Waals surface area (Å²) < 4.78 is 0. The summed E-state index contributed by atoms with van der Waals surface area (Å²) in [6.45, 7) is 3.90. The molecule has 66 valence electrons. The van der Waals surface area contributed by atoms with Crippen molar-refractivity contribution < 1.29 is 4.79 Å². The number of nitrogens with zero attached hydrogens (tertiary/aromatic N) is 1. The van der Waals surface area contributed by atoms with E-state index in [4.69, 9.17) is 5.73 Å². The van der Waals surface area contributed by atoms with Crippen molar-refractivity contribution in [3.05, 3.63) is 18.2 Å². The second kappa shape index (κ2) is 2.97. The second-order valence-corrected chi connectivity index (χ2v) is 3.49. The van der Waals surface area contributed by atoms with Crippen molar-refractivity contribution >= 4 is 5.91 Å². The average molecular weight is 167 g/mol. The van der Waals surface area contributed by atoms with Crippen molar-refractivity contribution in [3.8, 4) is 0 Å². The molecule has 0 bridgehead atoms. The van der Waals surface area contributed by atoms with Crippen LogP contribution in [0.1, 0.15) is 26.0 Å². The quantitative estimate of drug-likeness (QED) is 0.690. The van der Waals surface area contributed by atoms with Gasteiger partial charge in [0.25, 0.3) is 0 Å². The highest BCUT2D eigenvalue weighted by atomic mass is 16.1. The van der Waals surface area contributed by atoms with Gasteiger partial charge in [0.2, 0.25) is 5.91 Å². The smallest absolute Gasteiger partial charge is 0.218 e. The van der Waals surface area contributed by atoms with Crippen LogP contribution in [0.15, 0.2) is 12.5 Å². The lowest BCUT2D eigenvalue weighted by atomic mass is 9.86. The minimum Gasteiger partial charge on any atom is -0.370 e.